The number of aryl methyl sites for hydroxylation is 1. The molecule has 126 valence electrons. The van der Waals surface area contributed by atoms with Gasteiger partial charge in [0.2, 0.25) is 0 Å². The minimum absolute atomic E-state index is 0.0955. The highest BCUT2D eigenvalue weighted by atomic mass is 16.6. The topological polar surface area (TPSA) is 90.7 Å². The summed E-state index contributed by atoms with van der Waals surface area (Å²) in [5, 5.41) is 14.0. The summed E-state index contributed by atoms with van der Waals surface area (Å²) in [5.41, 5.74) is 1.08. The van der Waals surface area contributed by atoms with E-state index in [1.807, 2.05) is 13.0 Å². The summed E-state index contributed by atoms with van der Waals surface area (Å²) in [7, 11) is 1.41. The Hall–Kier alpha value is -3.09. The van der Waals surface area contributed by atoms with Crippen molar-refractivity contribution in [2.75, 3.05) is 19.0 Å². The van der Waals surface area contributed by atoms with Crippen molar-refractivity contribution in [3.63, 3.8) is 0 Å². The molecule has 7 nitrogen and oxygen atoms in total. The Morgan fingerprint density at radius 1 is 1.25 bits per heavy atom. The molecule has 2 rings (SSSR count). The van der Waals surface area contributed by atoms with Gasteiger partial charge in [0.1, 0.15) is 5.56 Å². The summed E-state index contributed by atoms with van der Waals surface area (Å²) in [6.45, 7) is 3.96. The lowest BCUT2D eigenvalue weighted by molar-refractivity contribution is -0.385. The Morgan fingerprint density at radius 2 is 2.00 bits per heavy atom. The molecule has 0 aliphatic rings. The third-order valence-corrected chi connectivity index (χ3v) is 3.30. The Labute approximate surface area is 139 Å². The summed E-state index contributed by atoms with van der Waals surface area (Å²) in [5.74, 6) is -0.107. The third-order valence-electron chi connectivity index (χ3n) is 3.30. The molecule has 0 aromatic heterocycles. The highest BCUT2D eigenvalue weighted by molar-refractivity contribution is 6.07. The zero-order valence-electron chi connectivity index (χ0n) is 13.7. The van der Waals surface area contributed by atoms with Gasteiger partial charge < -0.3 is 14.8 Å². The molecule has 0 heterocycles. The summed E-state index contributed by atoms with van der Waals surface area (Å²) in [4.78, 5) is 23.2. The second kappa shape index (κ2) is 7.45. The molecule has 0 fully saturated rings. The van der Waals surface area contributed by atoms with Crippen LogP contribution in [0.3, 0.4) is 0 Å². The maximum atomic E-state index is 12.5. The predicted molar refractivity (Wildman–Crippen MR) is 89.9 cm³/mol. The minimum atomic E-state index is -0.618. The van der Waals surface area contributed by atoms with Gasteiger partial charge in [-0.3, -0.25) is 14.9 Å². The molecule has 24 heavy (non-hydrogen) atoms. The fraction of sp³-hybridized carbons (Fsp3) is 0.235. The van der Waals surface area contributed by atoms with E-state index in [1.165, 1.54) is 19.2 Å². The quantitative estimate of drug-likeness (QED) is 0.646. The molecule has 0 aliphatic heterocycles. The molecule has 2 aromatic rings. The molecule has 1 amide bonds. The lowest BCUT2D eigenvalue weighted by Gasteiger charge is -2.12. The molecule has 7 heteroatoms. The maximum Gasteiger partial charge on any atom is 0.286 e. The molecule has 0 saturated heterocycles. The van der Waals surface area contributed by atoms with Crippen molar-refractivity contribution in [2.24, 2.45) is 0 Å². The number of nitro benzene ring substituents is 1. The Bertz CT molecular complexity index is 774. The molecule has 2 aromatic carbocycles. The Morgan fingerprint density at radius 3 is 2.58 bits per heavy atom. The first-order chi connectivity index (χ1) is 11.5. The number of ether oxygens (including phenoxy) is 2. The highest BCUT2D eigenvalue weighted by Gasteiger charge is 2.24. The number of nitrogens with zero attached hydrogens (tertiary/aromatic N) is 1. The number of hydrogen-bond acceptors (Lipinski definition) is 5. The van der Waals surface area contributed by atoms with Crippen LogP contribution in [0.4, 0.5) is 11.4 Å². The average molecular weight is 330 g/mol. The number of nitrogens with one attached hydrogen (secondary N) is 1. The van der Waals surface area contributed by atoms with Crippen LogP contribution >= 0.6 is 0 Å². The zero-order chi connectivity index (χ0) is 17.7. The molecular formula is C17H18N2O5. The molecule has 0 spiro atoms. The number of benzene rings is 2. The number of carbonyl (C=O) groups is 1. The summed E-state index contributed by atoms with van der Waals surface area (Å²) >= 11 is 0. The first-order valence-corrected chi connectivity index (χ1v) is 7.33. The zero-order valence-corrected chi connectivity index (χ0v) is 13.7. The number of hydrogen-bond donors (Lipinski definition) is 1. The number of nitro groups is 1. The number of amides is 1. The smallest absolute Gasteiger partial charge is 0.286 e. The van der Waals surface area contributed by atoms with E-state index < -0.39 is 10.8 Å². The molecule has 0 atom stereocenters. The van der Waals surface area contributed by atoms with Crippen LogP contribution in [-0.4, -0.2) is 24.5 Å². The summed E-state index contributed by atoms with van der Waals surface area (Å²) < 4.78 is 10.5. The average Bonchev–Trinajstić information content (AvgIpc) is 2.54. The molecule has 0 radical (unpaired) electrons. The van der Waals surface area contributed by atoms with Crippen molar-refractivity contribution in [3.05, 3.63) is 57.6 Å². The van der Waals surface area contributed by atoms with Crippen LogP contribution in [-0.2, 0) is 0 Å². The van der Waals surface area contributed by atoms with Gasteiger partial charge in [-0.15, -0.1) is 0 Å². The van der Waals surface area contributed by atoms with Crippen molar-refractivity contribution in [2.45, 2.75) is 13.8 Å². The number of rotatable bonds is 6. The van der Waals surface area contributed by atoms with Crippen LogP contribution in [0, 0.1) is 17.0 Å². The van der Waals surface area contributed by atoms with Crippen LogP contribution in [0.1, 0.15) is 22.8 Å². The first-order valence-electron chi connectivity index (χ1n) is 7.33. The van der Waals surface area contributed by atoms with Crippen LogP contribution in [0.25, 0.3) is 0 Å². The summed E-state index contributed by atoms with van der Waals surface area (Å²) in [6, 6.07) is 9.68. The van der Waals surface area contributed by atoms with Gasteiger partial charge in [-0.25, -0.2) is 0 Å². The molecule has 0 bridgehead atoms. The normalized spacial score (nSPS) is 10.1. The van der Waals surface area contributed by atoms with Crippen LogP contribution in [0.15, 0.2) is 36.4 Å². The van der Waals surface area contributed by atoms with E-state index in [-0.39, 0.29) is 22.7 Å². The standard InChI is InChI=1S/C17H18N2O5/c1-4-24-16-10-14(19(21)22)13(9-15(16)23-3)17(20)18-12-7-5-6-11(2)8-12/h5-10H,4H2,1-3H3,(H,18,20). The van der Waals surface area contributed by atoms with E-state index >= 15 is 0 Å². The fourth-order valence-electron chi connectivity index (χ4n) is 2.23. The van der Waals surface area contributed by atoms with Crippen molar-refractivity contribution in [3.8, 4) is 11.5 Å². The first kappa shape index (κ1) is 17.3. The second-order valence-electron chi connectivity index (χ2n) is 5.03. The van der Waals surface area contributed by atoms with Crippen molar-refractivity contribution < 1.29 is 19.2 Å². The Kier molecular flexibility index (Phi) is 5.36. The van der Waals surface area contributed by atoms with Gasteiger partial charge in [-0.1, -0.05) is 12.1 Å². The molecule has 1 N–H and O–H groups in total. The summed E-state index contributed by atoms with van der Waals surface area (Å²) in [6.07, 6.45) is 0. The van der Waals surface area contributed by atoms with Gasteiger partial charge in [-0.2, -0.15) is 0 Å². The lowest BCUT2D eigenvalue weighted by Crippen LogP contribution is -2.14. The second-order valence-corrected chi connectivity index (χ2v) is 5.03. The van der Waals surface area contributed by atoms with Gasteiger partial charge in [0, 0.05) is 11.8 Å². The van der Waals surface area contributed by atoms with E-state index in [4.69, 9.17) is 9.47 Å². The van der Waals surface area contributed by atoms with E-state index in [1.54, 1.807) is 25.1 Å². The Balaban J connectivity index is 2.43. The van der Waals surface area contributed by atoms with Gasteiger partial charge in [0.15, 0.2) is 11.5 Å². The minimum Gasteiger partial charge on any atom is -0.493 e. The monoisotopic (exact) mass is 330 g/mol. The van der Waals surface area contributed by atoms with Crippen LogP contribution in [0.5, 0.6) is 11.5 Å². The van der Waals surface area contributed by atoms with Crippen LogP contribution < -0.4 is 14.8 Å². The number of methoxy groups -OCH3 is 1. The largest absolute Gasteiger partial charge is 0.493 e. The van der Waals surface area contributed by atoms with E-state index in [0.29, 0.717) is 12.3 Å². The van der Waals surface area contributed by atoms with Gasteiger partial charge >= 0.3 is 0 Å². The molecular weight excluding hydrogens is 312 g/mol. The van der Waals surface area contributed by atoms with Crippen molar-refractivity contribution in [1.82, 2.24) is 0 Å². The van der Waals surface area contributed by atoms with Crippen molar-refractivity contribution in [1.29, 1.82) is 0 Å². The predicted octanol–water partition coefficient (Wildman–Crippen LogP) is 3.56. The molecule has 0 aliphatic carbocycles. The molecule has 0 unspecified atom stereocenters. The van der Waals surface area contributed by atoms with Gasteiger partial charge in [0.05, 0.1) is 24.7 Å². The van der Waals surface area contributed by atoms with Gasteiger partial charge in [-0.05, 0) is 31.5 Å². The lowest BCUT2D eigenvalue weighted by atomic mass is 10.1. The maximum absolute atomic E-state index is 12.5. The third kappa shape index (κ3) is 3.81. The van der Waals surface area contributed by atoms with E-state index in [0.717, 1.165) is 5.56 Å². The number of anilines is 1. The molecule has 0 saturated carbocycles. The highest BCUT2D eigenvalue weighted by Crippen LogP contribution is 2.35. The fourth-order valence-corrected chi connectivity index (χ4v) is 2.23. The van der Waals surface area contributed by atoms with Crippen LogP contribution in [0.2, 0.25) is 0 Å². The number of carbonyl (C=O) groups excluding carboxylic acids is 1. The van der Waals surface area contributed by atoms with Gasteiger partial charge in [0.25, 0.3) is 11.6 Å². The SMILES string of the molecule is CCOc1cc([N+](=O)[O-])c(C(=O)Nc2cccc(C)c2)cc1OC. The van der Waals surface area contributed by atoms with E-state index in [9.17, 15) is 14.9 Å². The van der Waals surface area contributed by atoms with E-state index in [2.05, 4.69) is 5.32 Å². The van der Waals surface area contributed by atoms with Crippen molar-refractivity contribution >= 4 is 17.3 Å².